The van der Waals surface area contributed by atoms with Gasteiger partial charge in [-0.15, -0.1) is 0 Å². The molecule has 0 aliphatic carbocycles. The fraction of sp³-hybridized carbons (Fsp3) is 0.846. The van der Waals surface area contributed by atoms with Crippen LogP contribution in [-0.4, -0.2) is 12.1 Å². The number of ketones is 1. The molecule has 0 saturated carbocycles. The van der Waals surface area contributed by atoms with Crippen molar-refractivity contribution in [1.29, 1.82) is 0 Å². The van der Waals surface area contributed by atoms with Crippen LogP contribution in [0.25, 0.3) is 0 Å². The first kappa shape index (κ1) is 14.3. The number of rotatable bonds is 9. The molecule has 2 nitrogen and oxygen atoms in total. The monoisotopic (exact) mass is 212 g/mol. The number of unbranched alkanes of at least 4 members (excludes halogenated alkanes) is 1. The molecule has 0 N–H and O–H groups in total. The van der Waals surface area contributed by atoms with Gasteiger partial charge in [0.05, 0.1) is 0 Å². The predicted octanol–water partition coefficient (Wildman–Crippen LogP) is 3.39. The van der Waals surface area contributed by atoms with E-state index in [1.165, 1.54) is 0 Å². The SMILES string of the molecule is CCCCC(CC)C(=O)CCC(C)C=O. The van der Waals surface area contributed by atoms with Crippen LogP contribution in [-0.2, 0) is 9.59 Å². The maximum absolute atomic E-state index is 11.8. The third-order valence-electron chi connectivity index (χ3n) is 2.93. The van der Waals surface area contributed by atoms with E-state index >= 15 is 0 Å². The smallest absolute Gasteiger partial charge is 0.135 e. The van der Waals surface area contributed by atoms with Gasteiger partial charge < -0.3 is 4.79 Å². The molecule has 0 aromatic heterocycles. The molecule has 0 amide bonds. The van der Waals surface area contributed by atoms with Crippen LogP contribution in [0.2, 0.25) is 0 Å². The van der Waals surface area contributed by atoms with Crippen molar-refractivity contribution in [1.82, 2.24) is 0 Å². The minimum atomic E-state index is 0.0256. The van der Waals surface area contributed by atoms with Crippen molar-refractivity contribution >= 4 is 12.1 Å². The summed E-state index contributed by atoms with van der Waals surface area (Å²) in [4.78, 5) is 22.2. The van der Waals surface area contributed by atoms with E-state index in [9.17, 15) is 9.59 Å². The van der Waals surface area contributed by atoms with Gasteiger partial charge in [-0.25, -0.2) is 0 Å². The summed E-state index contributed by atoms with van der Waals surface area (Å²) in [6.07, 6.45) is 6.45. The van der Waals surface area contributed by atoms with Crippen molar-refractivity contribution in [3.8, 4) is 0 Å². The van der Waals surface area contributed by atoms with Crippen LogP contribution in [0.1, 0.15) is 59.3 Å². The van der Waals surface area contributed by atoms with Crippen molar-refractivity contribution in [3.05, 3.63) is 0 Å². The van der Waals surface area contributed by atoms with E-state index in [-0.39, 0.29) is 11.8 Å². The summed E-state index contributed by atoms with van der Waals surface area (Å²) < 4.78 is 0. The highest BCUT2D eigenvalue weighted by Gasteiger charge is 2.16. The zero-order valence-electron chi connectivity index (χ0n) is 10.3. The van der Waals surface area contributed by atoms with Crippen molar-refractivity contribution in [2.75, 3.05) is 0 Å². The molecule has 15 heavy (non-hydrogen) atoms. The quantitative estimate of drug-likeness (QED) is 0.549. The van der Waals surface area contributed by atoms with Crippen molar-refractivity contribution < 1.29 is 9.59 Å². The van der Waals surface area contributed by atoms with Crippen LogP contribution >= 0.6 is 0 Å². The van der Waals surface area contributed by atoms with Gasteiger partial charge in [0.25, 0.3) is 0 Å². The molecule has 0 saturated heterocycles. The maximum atomic E-state index is 11.8. The predicted molar refractivity (Wildman–Crippen MR) is 62.8 cm³/mol. The molecule has 0 heterocycles. The Labute approximate surface area is 93.4 Å². The van der Waals surface area contributed by atoms with Crippen LogP contribution in [0.5, 0.6) is 0 Å². The van der Waals surface area contributed by atoms with Gasteiger partial charge in [-0.3, -0.25) is 4.79 Å². The molecule has 2 heteroatoms. The van der Waals surface area contributed by atoms with Crippen LogP contribution in [0.3, 0.4) is 0 Å². The topological polar surface area (TPSA) is 34.1 Å². The summed E-state index contributed by atoms with van der Waals surface area (Å²) in [7, 11) is 0. The number of Topliss-reactive ketones (excluding diaryl/α,β-unsaturated/α-hetero) is 1. The van der Waals surface area contributed by atoms with E-state index in [1.54, 1.807) is 0 Å². The number of hydrogen-bond acceptors (Lipinski definition) is 2. The van der Waals surface area contributed by atoms with E-state index in [2.05, 4.69) is 13.8 Å². The highest BCUT2D eigenvalue weighted by atomic mass is 16.1. The molecule has 0 radical (unpaired) electrons. The average molecular weight is 212 g/mol. The molecule has 0 fully saturated rings. The molecule has 2 unspecified atom stereocenters. The van der Waals surface area contributed by atoms with Gasteiger partial charge in [0.15, 0.2) is 0 Å². The Kier molecular flexibility index (Phi) is 8.25. The largest absolute Gasteiger partial charge is 0.303 e. The van der Waals surface area contributed by atoms with E-state index < -0.39 is 0 Å². The Morgan fingerprint density at radius 2 is 1.93 bits per heavy atom. The Morgan fingerprint density at radius 3 is 2.40 bits per heavy atom. The molecular weight excluding hydrogens is 188 g/mol. The van der Waals surface area contributed by atoms with Gasteiger partial charge >= 0.3 is 0 Å². The summed E-state index contributed by atoms with van der Waals surface area (Å²) in [6.45, 7) is 6.08. The lowest BCUT2D eigenvalue weighted by Gasteiger charge is -2.13. The number of hydrogen-bond donors (Lipinski definition) is 0. The van der Waals surface area contributed by atoms with Crippen molar-refractivity contribution in [2.24, 2.45) is 11.8 Å². The van der Waals surface area contributed by atoms with Crippen LogP contribution in [0, 0.1) is 11.8 Å². The van der Waals surface area contributed by atoms with Crippen LogP contribution in [0.15, 0.2) is 0 Å². The second kappa shape index (κ2) is 8.63. The minimum Gasteiger partial charge on any atom is -0.303 e. The normalized spacial score (nSPS) is 14.6. The summed E-state index contributed by atoms with van der Waals surface area (Å²) in [5.41, 5.74) is 0. The fourth-order valence-electron chi connectivity index (χ4n) is 1.69. The standard InChI is InChI=1S/C13H24O2/c1-4-6-7-12(5-2)13(15)9-8-11(3)10-14/h10-12H,4-9H2,1-3H3. The van der Waals surface area contributed by atoms with Gasteiger partial charge in [0, 0.05) is 18.3 Å². The number of carbonyl (C=O) groups excluding carboxylic acids is 2. The summed E-state index contributed by atoms with van der Waals surface area (Å²) in [5.74, 6) is 0.598. The molecule has 0 spiro atoms. The Balaban J connectivity index is 3.87. The lowest BCUT2D eigenvalue weighted by atomic mass is 9.91. The lowest BCUT2D eigenvalue weighted by Crippen LogP contribution is -2.14. The first-order chi connectivity index (χ1) is 7.15. The summed E-state index contributed by atoms with van der Waals surface area (Å²) in [5, 5.41) is 0. The van der Waals surface area contributed by atoms with E-state index in [0.717, 1.165) is 32.0 Å². The van der Waals surface area contributed by atoms with E-state index in [1.807, 2.05) is 6.92 Å². The lowest BCUT2D eigenvalue weighted by molar-refractivity contribution is -0.123. The molecule has 0 rings (SSSR count). The number of carbonyl (C=O) groups is 2. The second-order valence-electron chi connectivity index (χ2n) is 4.37. The van der Waals surface area contributed by atoms with Gasteiger partial charge in [0.1, 0.15) is 12.1 Å². The first-order valence-corrected chi connectivity index (χ1v) is 6.13. The average Bonchev–Trinajstić information content (AvgIpc) is 2.26. The molecule has 0 bridgehead atoms. The first-order valence-electron chi connectivity index (χ1n) is 6.13. The van der Waals surface area contributed by atoms with Crippen molar-refractivity contribution in [3.63, 3.8) is 0 Å². The van der Waals surface area contributed by atoms with E-state index in [4.69, 9.17) is 0 Å². The second-order valence-corrected chi connectivity index (χ2v) is 4.37. The summed E-state index contributed by atoms with van der Waals surface area (Å²) in [6, 6.07) is 0. The van der Waals surface area contributed by atoms with Crippen LogP contribution in [0.4, 0.5) is 0 Å². The van der Waals surface area contributed by atoms with E-state index in [0.29, 0.717) is 18.6 Å². The summed E-state index contributed by atoms with van der Waals surface area (Å²) >= 11 is 0. The van der Waals surface area contributed by atoms with Gasteiger partial charge in [-0.05, 0) is 19.3 Å². The Hall–Kier alpha value is -0.660. The molecule has 0 aromatic carbocycles. The molecule has 0 aromatic rings. The molecule has 2 atom stereocenters. The fourth-order valence-corrected chi connectivity index (χ4v) is 1.69. The minimum absolute atomic E-state index is 0.0256. The zero-order valence-corrected chi connectivity index (χ0v) is 10.3. The third-order valence-corrected chi connectivity index (χ3v) is 2.93. The highest BCUT2D eigenvalue weighted by Crippen LogP contribution is 2.17. The third kappa shape index (κ3) is 6.43. The molecular formula is C13H24O2. The Morgan fingerprint density at radius 1 is 1.27 bits per heavy atom. The number of aldehydes is 1. The van der Waals surface area contributed by atoms with Crippen LogP contribution < -0.4 is 0 Å². The molecule has 0 aliphatic rings. The van der Waals surface area contributed by atoms with Gasteiger partial charge in [-0.1, -0.05) is 33.6 Å². The zero-order chi connectivity index (χ0) is 11.7. The molecule has 88 valence electrons. The van der Waals surface area contributed by atoms with Gasteiger partial charge in [0.2, 0.25) is 0 Å². The Bertz CT molecular complexity index is 187. The van der Waals surface area contributed by atoms with Gasteiger partial charge in [-0.2, -0.15) is 0 Å². The maximum Gasteiger partial charge on any atom is 0.135 e. The highest BCUT2D eigenvalue weighted by molar-refractivity contribution is 5.81. The molecule has 0 aliphatic heterocycles. The van der Waals surface area contributed by atoms with Crippen molar-refractivity contribution in [2.45, 2.75) is 59.3 Å².